The van der Waals surface area contributed by atoms with E-state index < -0.39 is 0 Å². The van der Waals surface area contributed by atoms with Crippen molar-refractivity contribution in [3.8, 4) is 0 Å². The number of nitrogens with one attached hydrogen (secondary N) is 1. The zero-order chi connectivity index (χ0) is 13.0. The normalized spacial score (nSPS) is 12.6. The van der Waals surface area contributed by atoms with Crippen LogP contribution < -0.4 is 10.2 Å². The van der Waals surface area contributed by atoms with E-state index in [1.165, 1.54) is 0 Å². The van der Waals surface area contributed by atoms with Crippen LogP contribution in [-0.2, 0) is 0 Å². The molecular formula is C13H24N4. The molecule has 0 saturated carbocycles. The lowest BCUT2D eigenvalue weighted by Gasteiger charge is -2.28. The molecule has 0 radical (unpaired) electrons. The lowest BCUT2D eigenvalue weighted by Crippen LogP contribution is -2.31. The van der Waals surface area contributed by atoms with E-state index in [0.717, 1.165) is 17.8 Å². The van der Waals surface area contributed by atoms with Crippen molar-refractivity contribution in [3.05, 3.63) is 11.8 Å². The summed E-state index contributed by atoms with van der Waals surface area (Å²) < 4.78 is 0. The molecule has 96 valence electrons. The molecule has 1 N–H and O–H groups in total. The molecule has 1 unspecified atom stereocenters. The van der Waals surface area contributed by atoms with Crippen LogP contribution in [0.15, 0.2) is 6.20 Å². The van der Waals surface area contributed by atoms with Gasteiger partial charge < -0.3 is 10.2 Å². The Hall–Kier alpha value is -1.32. The summed E-state index contributed by atoms with van der Waals surface area (Å²) in [6.45, 7) is 8.78. The van der Waals surface area contributed by atoms with E-state index in [9.17, 15) is 0 Å². The molecule has 1 atom stereocenters. The average Bonchev–Trinajstić information content (AvgIpc) is 2.28. The number of aryl methyl sites for hydroxylation is 1. The fraction of sp³-hybridized carbons (Fsp3) is 0.692. The highest BCUT2D eigenvalue weighted by molar-refractivity contribution is 5.48. The minimum absolute atomic E-state index is 0.480. The fourth-order valence-corrected chi connectivity index (χ4v) is 1.96. The maximum Gasteiger partial charge on any atom is 0.224 e. The highest BCUT2D eigenvalue weighted by Crippen LogP contribution is 2.21. The van der Waals surface area contributed by atoms with Gasteiger partial charge in [-0.1, -0.05) is 13.8 Å². The van der Waals surface area contributed by atoms with E-state index in [4.69, 9.17) is 0 Å². The summed E-state index contributed by atoms with van der Waals surface area (Å²) in [4.78, 5) is 11.0. The van der Waals surface area contributed by atoms with Crippen molar-refractivity contribution < 1.29 is 0 Å². The average molecular weight is 236 g/mol. The Kier molecular flexibility index (Phi) is 4.73. The molecular weight excluding hydrogens is 212 g/mol. The topological polar surface area (TPSA) is 41.1 Å². The molecule has 1 aromatic rings. The summed E-state index contributed by atoms with van der Waals surface area (Å²) in [5.41, 5.74) is 1.11. The first-order chi connectivity index (χ1) is 7.95. The van der Waals surface area contributed by atoms with Gasteiger partial charge >= 0.3 is 0 Å². The van der Waals surface area contributed by atoms with Gasteiger partial charge in [-0.3, -0.25) is 0 Å². The molecule has 17 heavy (non-hydrogen) atoms. The van der Waals surface area contributed by atoms with Gasteiger partial charge in [-0.25, -0.2) is 4.98 Å². The second-order valence-electron chi connectivity index (χ2n) is 5.04. The molecule has 4 heteroatoms. The lowest BCUT2D eigenvalue weighted by atomic mass is 10.0. The third-order valence-electron chi connectivity index (χ3n) is 2.98. The van der Waals surface area contributed by atoms with Gasteiger partial charge in [-0.2, -0.15) is 4.98 Å². The molecule has 0 aromatic carbocycles. The predicted molar refractivity (Wildman–Crippen MR) is 73.6 cm³/mol. The van der Waals surface area contributed by atoms with Crippen molar-refractivity contribution in [2.75, 3.05) is 24.3 Å². The van der Waals surface area contributed by atoms with Crippen molar-refractivity contribution in [1.29, 1.82) is 0 Å². The van der Waals surface area contributed by atoms with Crippen LogP contribution in [0, 0.1) is 12.8 Å². The van der Waals surface area contributed by atoms with E-state index in [1.54, 1.807) is 0 Å². The molecule has 0 saturated heterocycles. The summed E-state index contributed by atoms with van der Waals surface area (Å²) in [5, 5.41) is 2.98. The third-order valence-corrected chi connectivity index (χ3v) is 2.98. The van der Waals surface area contributed by atoms with Gasteiger partial charge in [0, 0.05) is 31.9 Å². The Bertz CT molecular complexity index is 362. The Balaban J connectivity index is 2.90. The number of anilines is 2. The molecule has 1 rings (SSSR count). The number of nitrogens with zero attached hydrogens (tertiary/aromatic N) is 3. The zero-order valence-electron chi connectivity index (χ0n) is 11.8. The minimum Gasteiger partial charge on any atom is -0.357 e. The van der Waals surface area contributed by atoms with Crippen molar-refractivity contribution in [3.63, 3.8) is 0 Å². The largest absolute Gasteiger partial charge is 0.357 e. The van der Waals surface area contributed by atoms with Gasteiger partial charge in [0.25, 0.3) is 0 Å². The highest BCUT2D eigenvalue weighted by atomic mass is 15.2. The van der Waals surface area contributed by atoms with Gasteiger partial charge in [0.2, 0.25) is 5.95 Å². The molecule has 0 fully saturated rings. The molecule has 4 nitrogen and oxygen atoms in total. The predicted octanol–water partition coefficient (Wildman–Crippen LogP) is 2.70. The molecule has 1 heterocycles. The van der Waals surface area contributed by atoms with Gasteiger partial charge in [-0.15, -0.1) is 0 Å². The van der Waals surface area contributed by atoms with Crippen LogP contribution in [0.25, 0.3) is 0 Å². The van der Waals surface area contributed by atoms with Crippen LogP contribution in [0.4, 0.5) is 11.8 Å². The summed E-state index contributed by atoms with van der Waals surface area (Å²) in [6.07, 6.45) is 3.03. The van der Waals surface area contributed by atoms with Crippen LogP contribution in [0.1, 0.15) is 32.8 Å². The van der Waals surface area contributed by atoms with Crippen LogP contribution in [0.5, 0.6) is 0 Å². The maximum absolute atomic E-state index is 4.52. The maximum atomic E-state index is 4.52. The Morgan fingerprint density at radius 2 is 2.00 bits per heavy atom. The van der Waals surface area contributed by atoms with Crippen LogP contribution in [0.3, 0.4) is 0 Å². The van der Waals surface area contributed by atoms with Gasteiger partial charge in [0.15, 0.2) is 0 Å². The molecule has 0 bridgehead atoms. The molecule has 0 spiro atoms. The number of hydrogen-bond acceptors (Lipinski definition) is 4. The quantitative estimate of drug-likeness (QED) is 0.853. The first-order valence-electron chi connectivity index (χ1n) is 6.20. The second-order valence-corrected chi connectivity index (χ2v) is 5.04. The van der Waals surface area contributed by atoms with Gasteiger partial charge in [0.1, 0.15) is 5.82 Å². The van der Waals surface area contributed by atoms with Crippen molar-refractivity contribution in [2.24, 2.45) is 5.92 Å². The van der Waals surface area contributed by atoms with Crippen LogP contribution in [-0.4, -0.2) is 30.1 Å². The van der Waals surface area contributed by atoms with Crippen LogP contribution in [0.2, 0.25) is 0 Å². The van der Waals surface area contributed by atoms with E-state index >= 15 is 0 Å². The zero-order valence-corrected chi connectivity index (χ0v) is 11.8. The summed E-state index contributed by atoms with van der Waals surface area (Å²) in [5.74, 6) is 2.38. The van der Waals surface area contributed by atoms with Crippen LogP contribution >= 0.6 is 0 Å². The Morgan fingerprint density at radius 3 is 2.53 bits per heavy atom. The van der Waals surface area contributed by atoms with Gasteiger partial charge in [0.05, 0.1) is 0 Å². The fourth-order valence-electron chi connectivity index (χ4n) is 1.96. The van der Waals surface area contributed by atoms with E-state index in [-0.39, 0.29) is 0 Å². The standard InChI is InChI=1S/C13H24N4/c1-9(2)7-11(4)17(6)12-10(3)8-15-13(14-5)16-12/h8-9,11H,7H2,1-6H3,(H,14,15,16). The van der Waals surface area contributed by atoms with E-state index in [2.05, 4.69) is 48.0 Å². The Labute approximate surface area is 104 Å². The summed E-state index contributed by atoms with van der Waals surface area (Å²) >= 11 is 0. The van der Waals surface area contributed by atoms with E-state index in [0.29, 0.717) is 17.9 Å². The SMILES string of the molecule is CNc1ncc(C)c(N(C)C(C)CC(C)C)n1. The number of hydrogen-bond donors (Lipinski definition) is 1. The first kappa shape index (κ1) is 13.7. The summed E-state index contributed by atoms with van der Waals surface area (Å²) in [7, 11) is 3.94. The Morgan fingerprint density at radius 1 is 1.35 bits per heavy atom. The molecule has 1 aromatic heterocycles. The van der Waals surface area contributed by atoms with Gasteiger partial charge in [-0.05, 0) is 26.2 Å². The smallest absolute Gasteiger partial charge is 0.224 e. The van der Waals surface area contributed by atoms with E-state index in [1.807, 2.05) is 20.2 Å². The highest BCUT2D eigenvalue weighted by Gasteiger charge is 2.15. The molecule has 0 aliphatic rings. The molecule has 0 amide bonds. The first-order valence-corrected chi connectivity index (χ1v) is 6.20. The number of rotatable bonds is 5. The van der Waals surface area contributed by atoms with Crippen molar-refractivity contribution in [2.45, 2.75) is 40.2 Å². The second kappa shape index (κ2) is 5.84. The lowest BCUT2D eigenvalue weighted by molar-refractivity contribution is 0.501. The summed E-state index contributed by atoms with van der Waals surface area (Å²) in [6, 6.07) is 0.480. The minimum atomic E-state index is 0.480. The molecule has 0 aliphatic carbocycles. The monoisotopic (exact) mass is 236 g/mol. The van der Waals surface area contributed by atoms with Crippen molar-refractivity contribution in [1.82, 2.24) is 9.97 Å². The van der Waals surface area contributed by atoms with Crippen molar-refractivity contribution >= 4 is 11.8 Å². The number of aromatic nitrogens is 2. The molecule has 0 aliphatic heterocycles. The third kappa shape index (κ3) is 3.58.